The fourth-order valence-corrected chi connectivity index (χ4v) is 0.289. The fourth-order valence-electron chi connectivity index (χ4n) is 0.289. The van der Waals surface area contributed by atoms with Crippen LogP contribution in [0.5, 0.6) is 0 Å². The first-order valence-electron chi connectivity index (χ1n) is 2.32. The molecule has 0 heterocycles. The second-order valence-electron chi connectivity index (χ2n) is 1.28. The lowest BCUT2D eigenvalue weighted by Gasteiger charge is -1.80. The van der Waals surface area contributed by atoms with Gasteiger partial charge in [0, 0.05) is 0 Å². The van der Waals surface area contributed by atoms with Crippen molar-refractivity contribution >= 4 is 0 Å². The van der Waals surface area contributed by atoms with Crippen molar-refractivity contribution in [1.82, 2.24) is 0 Å². The van der Waals surface area contributed by atoms with Crippen molar-refractivity contribution < 1.29 is 5.73 Å². The molecule has 3 N–H and O–H groups in total. The van der Waals surface area contributed by atoms with Crippen LogP contribution in [0.2, 0.25) is 0 Å². The van der Waals surface area contributed by atoms with Crippen molar-refractivity contribution in [3.63, 3.8) is 0 Å². The van der Waals surface area contributed by atoms with Gasteiger partial charge in [0.15, 0.2) is 0 Å². The lowest BCUT2D eigenvalue weighted by molar-refractivity contribution is -0.368. The minimum atomic E-state index is 1.03. The van der Waals surface area contributed by atoms with Crippen LogP contribution in [-0.2, 0) is 0 Å². The largest absolute Gasteiger partial charge is 0.358 e. The lowest BCUT2D eigenvalue weighted by atomic mass is 10.3. The summed E-state index contributed by atoms with van der Waals surface area (Å²) in [6.45, 7) is 4.60. The smallest absolute Gasteiger partial charge is 0.0742 e. The normalized spacial score (nSPS) is 8.17. The molecule has 0 bridgehead atoms. The lowest BCUT2D eigenvalue weighted by Crippen LogP contribution is -2.49. The van der Waals surface area contributed by atoms with Gasteiger partial charge in [-0.25, -0.2) is 0 Å². The summed E-state index contributed by atoms with van der Waals surface area (Å²) in [6, 6.07) is 0. The van der Waals surface area contributed by atoms with Crippen molar-refractivity contribution in [3.05, 3.63) is 12.7 Å². The number of unbranched alkanes of at least 4 members (excludes halogenated alkanes) is 1. The zero-order valence-electron chi connectivity index (χ0n) is 4.11. The summed E-state index contributed by atoms with van der Waals surface area (Å²) >= 11 is 0. The molecule has 0 aromatic heterocycles. The molecule has 36 valence electrons. The standard InChI is InChI=1S/C5H11N/c1-2-3-4-5-6/h2H,1,3-6H2/p+1. The van der Waals surface area contributed by atoms with Crippen LogP contribution in [0.4, 0.5) is 0 Å². The maximum Gasteiger partial charge on any atom is 0.0742 e. The molecular weight excluding hydrogens is 74.1 g/mol. The first kappa shape index (κ1) is 5.70. The highest BCUT2D eigenvalue weighted by molar-refractivity contribution is 4.64. The van der Waals surface area contributed by atoms with Crippen LogP contribution in [0.25, 0.3) is 0 Å². The van der Waals surface area contributed by atoms with E-state index < -0.39 is 0 Å². The van der Waals surface area contributed by atoms with Gasteiger partial charge in [-0.2, -0.15) is 0 Å². The molecule has 1 nitrogen and oxygen atoms in total. The van der Waals surface area contributed by atoms with Crippen LogP contribution in [0.3, 0.4) is 0 Å². The van der Waals surface area contributed by atoms with E-state index in [9.17, 15) is 0 Å². The van der Waals surface area contributed by atoms with Gasteiger partial charge in [-0.05, 0) is 12.8 Å². The number of quaternary nitrogens is 1. The van der Waals surface area contributed by atoms with Gasteiger partial charge >= 0.3 is 0 Å². The summed E-state index contributed by atoms with van der Waals surface area (Å²) in [5.74, 6) is 0. The van der Waals surface area contributed by atoms with E-state index in [0.29, 0.717) is 0 Å². The third-order valence-corrected chi connectivity index (χ3v) is 0.658. The van der Waals surface area contributed by atoms with Crippen LogP contribution < -0.4 is 5.73 Å². The van der Waals surface area contributed by atoms with Crippen LogP contribution in [0.15, 0.2) is 12.7 Å². The van der Waals surface area contributed by atoms with Gasteiger partial charge in [0.1, 0.15) is 0 Å². The first-order valence-corrected chi connectivity index (χ1v) is 2.32. The predicted octanol–water partition coefficient (Wildman–Crippen LogP) is 0.195. The third kappa shape index (κ3) is 3.70. The highest BCUT2D eigenvalue weighted by Gasteiger charge is 1.74. The molecule has 0 atom stereocenters. The van der Waals surface area contributed by atoms with Gasteiger partial charge in [0.25, 0.3) is 0 Å². The van der Waals surface area contributed by atoms with Crippen molar-refractivity contribution in [2.45, 2.75) is 12.8 Å². The molecule has 0 saturated carbocycles. The SMILES string of the molecule is C=CCCC[NH3+]. The highest BCUT2D eigenvalue weighted by atomic mass is 14.5. The Labute approximate surface area is 38.8 Å². The Bertz CT molecular complexity index is 32.9. The Balaban J connectivity index is 2.49. The Morgan fingerprint density at radius 2 is 2.33 bits per heavy atom. The van der Waals surface area contributed by atoms with E-state index in [2.05, 4.69) is 12.3 Å². The van der Waals surface area contributed by atoms with Crippen molar-refractivity contribution in [3.8, 4) is 0 Å². The maximum absolute atomic E-state index is 3.68. The molecule has 0 unspecified atom stereocenters. The maximum atomic E-state index is 3.68. The zero-order chi connectivity index (χ0) is 4.83. The minimum absolute atomic E-state index is 1.03. The molecule has 0 aliphatic rings. The van der Waals surface area contributed by atoms with E-state index in [1.807, 2.05) is 6.08 Å². The van der Waals surface area contributed by atoms with E-state index in [0.717, 1.165) is 13.0 Å². The topological polar surface area (TPSA) is 27.6 Å². The summed E-state index contributed by atoms with van der Waals surface area (Å²) in [6.07, 6.45) is 4.22. The quantitative estimate of drug-likeness (QED) is 0.375. The summed E-state index contributed by atoms with van der Waals surface area (Å²) in [4.78, 5) is 0. The number of hydrogen-bond donors (Lipinski definition) is 1. The Morgan fingerprint density at radius 3 is 2.50 bits per heavy atom. The third-order valence-electron chi connectivity index (χ3n) is 0.658. The Hall–Kier alpha value is -0.300. The molecule has 0 amide bonds. The van der Waals surface area contributed by atoms with Gasteiger partial charge in [-0.15, -0.1) is 6.58 Å². The van der Waals surface area contributed by atoms with Gasteiger partial charge < -0.3 is 5.73 Å². The highest BCUT2D eigenvalue weighted by Crippen LogP contribution is 1.81. The van der Waals surface area contributed by atoms with E-state index in [-0.39, 0.29) is 0 Å². The molecular formula is C5H12N+. The summed E-state index contributed by atoms with van der Waals surface area (Å²) in [5.41, 5.74) is 3.68. The monoisotopic (exact) mass is 86.1 g/mol. The van der Waals surface area contributed by atoms with E-state index in [1.165, 1.54) is 6.42 Å². The molecule has 0 aliphatic heterocycles. The molecule has 6 heavy (non-hydrogen) atoms. The summed E-state index contributed by atoms with van der Waals surface area (Å²) in [5, 5.41) is 0. The second kappa shape index (κ2) is 4.70. The van der Waals surface area contributed by atoms with Gasteiger partial charge in [-0.1, -0.05) is 6.08 Å². The van der Waals surface area contributed by atoms with Crippen LogP contribution in [-0.4, -0.2) is 6.54 Å². The van der Waals surface area contributed by atoms with Crippen molar-refractivity contribution in [2.24, 2.45) is 0 Å². The van der Waals surface area contributed by atoms with Crippen LogP contribution in [0.1, 0.15) is 12.8 Å². The molecule has 0 saturated heterocycles. The number of allylic oxidation sites excluding steroid dienone is 1. The molecule has 1 heteroatoms. The number of hydrogen-bond acceptors (Lipinski definition) is 0. The second-order valence-corrected chi connectivity index (χ2v) is 1.28. The molecule has 0 radical (unpaired) electrons. The van der Waals surface area contributed by atoms with Crippen molar-refractivity contribution in [1.29, 1.82) is 0 Å². The average Bonchev–Trinajstić information content (AvgIpc) is 1.61. The van der Waals surface area contributed by atoms with Gasteiger partial charge in [-0.3, -0.25) is 0 Å². The van der Waals surface area contributed by atoms with Gasteiger partial charge in [0.2, 0.25) is 0 Å². The van der Waals surface area contributed by atoms with Crippen LogP contribution in [0, 0.1) is 0 Å². The van der Waals surface area contributed by atoms with Crippen molar-refractivity contribution in [2.75, 3.05) is 6.54 Å². The van der Waals surface area contributed by atoms with E-state index in [1.54, 1.807) is 0 Å². The fraction of sp³-hybridized carbons (Fsp3) is 0.600. The van der Waals surface area contributed by atoms with E-state index in [4.69, 9.17) is 0 Å². The molecule has 0 aliphatic carbocycles. The minimum Gasteiger partial charge on any atom is -0.358 e. The van der Waals surface area contributed by atoms with Crippen LogP contribution >= 0.6 is 0 Å². The number of rotatable bonds is 3. The summed E-state index contributed by atoms with van der Waals surface area (Å²) < 4.78 is 0. The zero-order valence-corrected chi connectivity index (χ0v) is 4.11. The molecule has 0 spiro atoms. The molecule has 0 aromatic carbocycles. The molecule has 0 fully saturated rings. The van der Waals surface area contributed by atoms with E-state index >= 15 is 0 Å². The Kier molecular flexibility index (Phi) is 4.46. The molecule has 0 aromatic rings. The Morgan fingerprint density at radius 1 is 1.67 bits per heavy atom. The average molecular weight is 86.2 g/mol. The molecule has 0 rings (SSSR count). The van der Waals surface area contributed by atoms with Gasteiger partial charge in [0.05, 0.1) is 6.54 Å². The first-order chi connectivity index (χ1) is 2.91. The predicted molar refractivity (Wildman–Crippen MR) is 27.2 cm³/mol. The summed E-state index contributed by atoms with van der Waals surface area (Å²) in [7, 11) is 0.